The predicted octanol–water partition coefficient (Wildman–Crippen LogP) is 5.30. The fourth-order valence-electron chi connectivity index (χ4n) is 3.06. The molecule has 33 heavy (non-hydrogen) atoms. The maximum Gasteiger partial charge on any atom is 0.251 e. The molecule has 0 fully saturated rings. The third-order valence-electron chi connectivity index (χ3n) is 4.69. The highest BCUT2D eigenvalue weighted by Gasteiger charge is 2.20. The van der Waals surface area contributed by atoms with Crippen molar-refractivity contribution < 1.29 is 9.59 Å². The van der Waals surface area contributed by atoms with Gasteiger partial charge in [-0.2, -0.15) is 0 Å². The van der Waals surface area contributed by atoms with E-state index in [0.717, 1.165) is 5.56 Å². The van der Waals surface area contributed by atoms with Gasteiger partial charge in [0.2, 0.25) is 5.91 Å². The maximum absolute atomic E-state index is 12.6. The van der Waals surface area contributed by atoms with E-state index in [0.29, 0.717) is 38.8 Å². The Bertz CT molecular complexity index is 1160. The van der Waals surface area contributed by atoms with Crippen molar-refractivity contribution in [1.29, 1.82) is 0 Å². The normalized spacial score (nSPS) is 11.6. The molecular weight excluding hydrogens is 481 g/mol. The average Bonchev–Trinajstić information content (AvgIpc) is 3.17. The van der Waals surface area contributed by atoms with E-state index >= 15 is 0 Å². The van der Waals surface area contributed by atoms with Gasteiger partial charge in [-0.05, 0) is 61.9 Å². The number of carbonyl (C=O) groups is 2. The van der Waals surface area contributed by atoms with Crippen LogP contribution in [0.1, 0.15) is 34.7 Å². The summed E-state index contributed by atoms with van der Waals surface area (Å²) < 4.78 is 1.82. The Morgan fingerprint density at radius 3 is 2.52 bits per heavy atom. The minimum Gasteiger partial charge on any atom is -0.342 e. The van der Waals surface area contributed by atoms with Crippen molar-refractivity contribution >= 4 is 52.5 Å². The third kappa shape index (κ3) is 6.60. The Balaban J connectivity index is 1.66. The molecule has 1 aromatic heterocycles. The number of benzene rings is 2. The van der Waals surface area contributed by atoms with E-state index < -0.39 is 6.04 Å². The van der Waals surface area contributed by atoms with Crippen LogP contribution in [0.4, 0.5) is 5.69 Å². The predicted molar refractivity (Wildman–Crippen MR) is 133 cm³/mol. The summed E-state index contributed by atoms with van der Waals surface area (Å²) in [7, 11) is 0. The molecule has 0 bridgehead atoms. The minimum atomic E-state index is -0.416. The number of thioether (sulfide) groups is 1. The number of anilines is 1. The number of nitrogens with zero attached hydrogens (tertiary/aromatic N) is 3. The highest BCUT2D eigenvalue weighted by Crippen LogP contribution is 2.23. The molecule has 0 aliphatic rings. The molecule has 1 heterocycles. The Hall–Kier alpha value is -2.81. The molecule has 172 valence electrons. The SMILES string of the molecule is C=CCn1c(SCC(=O)Nc2ccc(Cl)cc2C)nnc1[C@@H](C)NC(=O)c1ccc(Cl)cc1. The fraction of sp³-hybridized carbons (Fsp3) is 0.217. The van der Waals surface area contributed by atoms with Crippen LogP contribution < -0.4 is 10.6 Å². The molecule has 10 heteroatoms. The van der Waals surface area contributed by atoms with Gasteiger partial charge < -0.3 is 15.2 Å². The van der Waals surface area contributed by atoms with Gasteiger partial charge in [-0.15, -0.1) is 16.8 Å². The molecule has 7 nitrogen and oxygen atoms in total. The zero-order chi connectivity index (χ0) is 24.0. The lowest BCUT2D eigenvalue weighted by atomic mass is 10.2. The summed E-state index contributed by atoms with van der Waals surface area (Å²) in [6.07, 6.45) is 1.71. The number of nitrogens with one attached hydrogen (secondary N) is 2. The molecule has 0 aliphatic carbocycles. The van der Waals surface area contributed by atoms with E-state index in [1.165, 1.54) is 11.8 Å². The first-order chi connectivity index (χ1) is 15.8. The summed E-state index contributed by atoms with van der Waals surface area (Å²) in [6.45, 7) is 7.92. The number of allylic oxidation sites excluding steroid dienone is 1. The smallest absolute Gasteiger partial charge is 0.251 e. The molecule has 3 aromatic rings. The van der Waals surface area contributed by atoms with Gasteiger partial charge in [0.15, 0.2) is 11.0 Å². The van der Waals surface area contributed by atoms with Crippen LogP contribution in [0.5, 0.6) is 0 Å². The molecule has 0 saturated heterocycles. The number of carbonyl (C=O) groups excluding carboxylic acids is 2. The first-order valence-electron chi connectivity index (χ1n) is 10.1. The second-order valence-electron chi connectivity index (χ2n) is 7.24. The van der Waals surface area contributed by atoms with Crippen LogP contribution in [-0.2, 0) is 11.3 Å². The Labute approximate surface area is 206 Å². The number of hydrogen-bond acceptors (Lipinski definition) is 5. The molecule has 2 N–H and O–H groups in total. The van der Waals surface area contributed by atoms with E-state index in [9.17, 15) is 9.59 Å². The van der Waals surface area contributed by atoms with Gasteiger partial charge in [-0.3, -0.25) is 9.59 Å². The van der Waals surface area contributed by atoms with Crippen molar-refractivity contribution in [3.8, 4) is 0 Å². The van der Waals surface area contributed by atoms with E-state index in [-0.39, 0.29) is 17.6 Å². The topological polar surface area (TPSA) is 88.9 Å². The van der Waals surface area contributed by atoms with E-state index in [1.54, 1.807) is 48.5 Å². The summed E-state index contributed by atoms with van der Waals surface area (Å²) >= 11 is 13.1. The van der Waals surface area contributed by atoms with Gasteiger partial charge in [0.25, 0.3) is 5.91 Å². The van der Waals surface area contributed by atoms with Gasteiger partial charge in [0, 0.05) is 27.8 Å². The van der Waals surface area contributed by atoms with Gasteiger partial charge >= 0.3 is 0 Å². The molecule has 0 saturated carbocycles. The van der Waals surface area contributed by atoms with Gasteiger partial charge in [0.1, 0.15) is 0 Å². The Kier molecular flexibility index (Phi) is 8.55. The highest BCUT2D eigenvalue weighted by molar-refractivity contribution is 7.99. The zero-order valence-electron chi connectivity index (χ0n) is 18.1. The van der Waals surface area contributed by atoms with Crippen LogP contribution in [0.3, 0.4) is 0 Å². The first kappa shape index (κ1) is 24.8. The average molecular weight is 504 g/mol. The molecule has 0 radical (unpaired) electrons. The summed E-state index contributed by atoms with van der Waals surface area (Å²) in [4.78, 5) is 25.0. The van der Waals surface area contributed by atoms with Crippen LogP contribution in [-0.4, -0.2) is 32.3 Å². The third-order valence-corrected chi connectivity index (χ3v) is 6.15. The van der Waals surface area contributed by atoms with Crippen molar-refractivity contribution in [2.45, 2.75) is 31.6 Å². The first-order valence-corrected chi connectivity index (χ1v) is 11.8. The second-order valence-corrected chi connectivity index (χ2v) is 9.05. The quantitative estimate of drug-likeness (QED) is 0.305. The van der Waals surface area contributed by atoms with Crippen molar-refractivity contribution in [3.63, 3.8) is 0 Å². The Morgan fingerprint density at radius 1 is 1.15 bits per heavy atom. The number of aromatic nitrogens is 3. The zero-order valence-corrected chi connectivity index (χ0v) is 20.5. The molecule has 0 aliphatic heterocycles. The highest BCUT2D eigenvalue weighted by atomic mass is 35.5. The fourth-order valence-corrected chi connectivity index (χ4v) is 4.16. The van der Waals surface area contributed by atoms with Gasteiger partial charge in [-0.25, -0.2) is 0 Å². The molecule has 2 amide bonds. The molecule has 0 spiro atoms. The Morgan fingerprint density at radius 2 is 1.85 bits per heavy atom. The molecule has 3 rings (SSSR count). The lowest BCUT2D eigenvalue weighted by Gasteiger charge is -2.15. The largest absolute Gasteiger partial charge is 0.342 e. The van der Waals surface area contributed by atoms with E-state index in [1.807, 2.05) is 18.4 Å². The number of aryl methyl sites for hydroxylation is 1. The van der Waals surface area contributed by atoms with Crippen molar-refractivity contribution in [3.05, 3.63) is 82.1 Å². The number of rotatable bonds is 9. The lowest BCUT2D eigenvalue weighted by molar-refractivity contribution is -0.113. The lowest BCUT2D eigenvalue weighted by Crippen LogP contribution is -2.28. The molecule has 0 unspecified atom stereocenters. The number of hydrogen-bond donors (Lipinski definition) is 2. The van der Waals surface area contributed by atoms with Crippen LogP contribution >= 0.6 is 35.0 Å². The van der Waals surface area contributed by atoms with Crippen molar-refractivity contribution in [1.82, 2.24) is 20.1 Å². The minimum absolute atomic E-state index is 0.142. The number of amides is 2. The van der Waals surface area contributed by atoms with Crippen LogP contribution in [0.2, 0.25) is 10.0 Å². The van der Waals surface area contributed by atoms with Gasteiger partial charge in [0.05, 0.1) is 11.8 Å². The van der Waals surface area contributed by atoms with Crippen molar-refractivity contribution in [2.24, 2.45) is 0 Å². The number of halogens is 2. The molecular formula is C23H23Cl2N5O2S. The monoisotopic (exact) mass is 503 g/mol. The summed E-state index contributed by atoms with van der Waals surface area (Å²) in [5.74, 6) is 0.278. The van der Waals surface area contributed by atoms with Gasteiger partial charge in [-0.1, -0.05) is 41.0 Å². The molecule has 2 aromatic carbocycles. The summed E-state index contributed by atoms with van der Waals surface area (Å²) in [6, 6.07) is 11.5. The second kappa shape index (κ2) is 11.4. The van der Waals surface area contributed by atoms with Crippen molar-refractivity contribution in [2.75, 3.05) is 11.1 Å². The van der Waals surface area contributed by atoms with Crippen LogP contribution in [0.25, 0.3) is 0 Å². The summed E-state index contributed by atoms with van der Waals surface area (Å²) in [5, 5.41) is 16.0. The standard InChI is InChI=1S/C23H23Cl2N5O2S/c1-4-11-30-21(15(3)26-22(32)16-5-7-17(24)8-6-16)28-29-23(30)33-13-20(31)27-19-10-9-18(25)12-14(19)2/h4-10,12,15H,1,11,13H2,2-3H3,(H,26,32)(H,27,31)/t15-/m1/s1. The van der Waals surface area contributed by atoms with E-state index in [4.69, 9.17) is 23.2 Å². The molecule has 1 atom stereocenters. The van der Waals surface area contributed by atoms with E-state index in [2.05, 4.69) is 27.4 Å². The van der Waals surface area contributed by atoms with Crippen LogP contribution in [0, 0.1) is 6.92 Å². The van der Waals surface area contributed by atoms with Crippen LogP contribution in [0.15, 0.2) is 60.3 Å². The summed E-state index contributed by atoms with van der Waals surface area (Å²) in [5.41, 5.74) is 2.07. The maximum atomic E-state index is 12.6.